The normalized spacial score (nSPS) is 24.6. The third-order valence-electron chi connectivity index (χ3n) is 4.05. The summed E-state index contributed by atoms with van der Waals surface area (Å²) < 4.78 is 5.61. The number of nitrogens with one attached hydrogen (secondary N) is 1. The van der Waals surface area contributed by atoms with Crippen molar-refractivity contribution in [1.82, 2.24) is 4.90 Å². The van der Waals surface area contributed by atoms with Crippen molar-refractivity contribution < 1.29 is 9.53 Å². The molecule has 1 aliphatic heterocycles. The summed E-state index contributed by atoms with van der Waals surface area (Å²) in [6.45, 7) is 9.44. The molecular weight excluding hydrogens is 266 g/mol. The van der Waals surface area contributed by atoms with Crippen molar-refractivity contribution in [2.45, 2.75) is 45.9 Å². The Labute approximate surface area is 126 Å². The molecule has 0 aromatic heterocycles. The molecule has 0 spiro atoms. The molecule has 0 aliphatic carbocycles. The number of carbonyl (C=O) groups excluding carboxylic acids is 1. The molecule has 0 bridgehead atoms. The molecule has 2 rings (SSSR count). The number of hydrogen-bond acceptors (Lipinski definition) is 4. The first kappa shape index (κ1) is 15.8. The Bertz CT molecular complexity index is 518. The monoisotopic (exact) mass is 291 g/mol. The second-order valence-corrected chi connectivity index (χ2v) is 5.93. The van der Waals surface area contributed by atoms with Crippen molar-refractivity contribution in [3.8, 4) is 0 Å². The van der Waals surface area contributed by atoms with Crippen LogP contribution in [0.2, 0.25) is 0 Å². The Morgan fingerprint density at radius 2 is 2.19 bits per heavy atom. The number of benzene rings is 1. The number of hydrogen-bond donors (Lipinski definition) is 2. The lowest BCUT2D eigenvalue weighted by molar-refractivity contribution is -0.126. The van der Waals surface area contributed by atoms with Gasteiger partial charge in [0.1, 0.15) is 0 Å². The van der Waals surface area contributed by atoms with Crippen LogP contribution >= 0.6 is 0 Å². The minimum absolute atomic E-state index is 0.00958. The average molecular weight is 291 g/mol. The number of carbonyl (C=O) groups is 1. The number of nitrogen functional groups attached to an aromatic ring is 1. The summed E-state index contributed by atoms with van der Waals surface area (Å²) in [6, 6.07) is 5.58. The standard InChI is InChI=1S/C16H25N3O2/c1-10-5-6-14(17)7-15(10)18-16(20)13(4)19-8-12(3)21-9-11(19)2/h5-7,11-13H,8-9,17H2,1-4H3,(H,18,20). The number of ether oxygens (including phenoxy) is 1. The molecule has 21 heavy (non-hydrogen) atoms. The van der Waals surface area contributed by atoms with Gasteiger partial charge >= 0.3 is 0 Å². The molecule has 3 N–H and O–H groups in total. The Morgan fingerprint density at radius 3 is 2.90 bits per heavy atom. The van der Waals surface area contributed by atoms with Crippen molar-refractivity contribution in [2.24, 2.45) is 0 Å². The van der Waals surface area contributed by atoms with E-state index in [4.69, 9.17) is 10.5 Å². The molecule has 5 nitrogen and oxygen atoms in total. The van der Waals surface area contributed by atoms with E-state index in [1.165, 1.54) is 0 Å². The highest BCUT2D eigenvalue weighted by Crippen LogP contribution is 2.20. The van der Waals surface area contributed by atoms with Gasteiger partial charge in [0.25, 0.3) is 0 Å². The van der Waals surface area contributed by atoms with E-state index >= 15 is 0 Å². The van der Waals surface area contributed by atoms with Crippen LogP contribution in [0.4, 0.5) is 11.4 Å². The van der Waals surface area contributed by atoms with Gasteiger partial charge in [0.2, 0.25) is 5.91 Å². The quantitative estimate of drug-likeness (QED) is 0.836. The molecule has 0 saturated carbocycles. The highest BCUT2D eigenvalue weighted by molar-refractivity contribution is 5.95. The van der Waals surface area contributed by atoms with Gasteiger partial charge in [0.05, 0.1) is 18.8 Å². The average Bonchev–Trinajstić information content (AvgIpc) is 2.44. The van der Waals surface area contributed by atoms with Crippen molar-refractivity contribution in [2.75, 3.05) is 24.2 Å². The summed E-state index contributed by atoms with van der Waals surface area (Å²) in [6.07, 6.45) is 0.158. The first-order valence-electron chi connectivity index (χ1n) is 7.43. The van der Waals surface area contributed by atoms with Gasteiger partial charge in [-0.15, -0.1) is 0 Å². The lowest BCUT2D eigenvalue weighted by atomic mass is 10.1. The number of nitrogens with two attached hydrogens (primary N) is 1. The number of nitrogens with zero attached hydrogens (tertiary/aromatic N) is 1. The SMILES string of the molecule is Cc1ccc(N)cc1NC(=O)C(C)N1CC(C)OCC1C. The topological polar surface area (TPSA) is 67.6 Å². The van der Waals surface area contributed by atoms with Crippen molar-refractivity contribution in [3.05, 3.63) is 23.8 Å². The summed E-state index contributed by atoms with van der Waals surface area (Å²) in [5.41, 5.74) is 8.22. The van der Waals surface area contributed by atoms with E-state index in [2.05, 4.69) is 17.1 Å². The fraction of sp³-hybridized carbons (Fsp3) is 0.562. The van der Waals surface area contributed by atoms with Gasteiger partial charge in [-0.2, -0.15) is 0 Å². The first-order chi connectivity index (χ1) is 9.88. The Morgan fingerprint density at radius 1 is 1.48 bits per heavy atom. The van der Waals surface area contributed by atoms with Gasteiger partial charge in [0.15, 0.2) is 0 Å². The van der Waals surface area contributed by atoms with Crippen LogP contribution in [-0.4, -0.2) is 42.1 Å². The predicted octanol–water partition coefficient (Wildman–Crippen LogP) is 2.01. The molecule has 1 aromatic rings. The van der Waals surface area contributed by atoms with E-state index in [9.17, 15) is 4.79 Å². The molecule has 1 fully saturated rings. The maximum Gasteiger partial charge on any atom is 0.241 e. The van der Waals surface area contributed by atoms with Gasteiger partial charge < -0.3 is 15.8 Å². The number of rotatable bonds is 3. The lowest BCUT2D eigenvalue weighted by Crippen LogP contribution is -2.54. The fourth-order valence-electron chi connectivity index (χ4n) is 2.63. The third-order valence-corrected chi connectivity index (χ3v) is 4.05. The molecule has 1 amide bonds. The van der Waals surface area contributed by atoms with Gasteiger partial charge in [-0.3, -0.25) is 9.69 Å². The Balaban J connectivity index is 2.06. The Kier molecular flexibility index (Phi) is 4.85. The van der Waals surface area contributed by atoms with Crippen molar-refractivity contribution in [1.29, 1.82) is 0 Å². The molecule has 116 valence electrons. The number of anilines is 2. The zero-order valence-electron chi connectivity index (χ0n) is 13.2. The van der Waals surface area contributed by atoms with E-state index in [0.717, 1.165) is 17.8 Å². The summed E-state index contributed by atoms with van der Waals surface area (Å²) in [4.78, 5) is 14.7. The molecule has 1 aromatic carbocycles. The van der Waals surface area contributed by atoms with E-state index in [-0.39, 0.29) is 24.1 Å². The van der Waals surface area contributed by atoms with Gasteiger partial charge in [0, 0.05) is 24.0 Å². The summed E-state index contributed by atoms with van der Waals surface area (Å²) in [7, 11) is 0. The first-order valence-corrected chi connectivity index (χ1v) is 7.43. The zero-order valence-corrected chi connectivity index (χ0v) is 13.2. The molecular formula is C16H25N3O2. The maximum absolute atomic E-state index is 12.5. The van der Waals surface area contributed by atoms with Crippen LogP contribution in [0, 0.1) is 6.92 Å². The van der Waals surface area contributed by atoms with E-state index in [0.29, 0.717) is 12.3 Å². The smallest absolute Gasteiger partial charge is 0.241 e. The van der Waals surface area contributed by atoms with E-state index in [1.807, 2.05) is 32.9 Å². The van der Waals surface area contributed by atoms with E-state index < -0.39 is 0 Å². The third kappa shape index (κ3) is 3.74. The predicted molar refractivity (Wildman–Crippen MR) is 85.3 cm³/mol. The summed E-state index contributed by atoms with van der Waals surface area (Å²) >= 11 is 0. The number of aryl methyl sites for hydroxylation is 1. The van der Waals surface area contributed by atoms with Gasteiger partial charge in [-0.1, -0.05) is 6.07 Å². The molecule has 1 aliphatic rings. The van der Waals surface area contributed by atoms with Crippen LogP contribution < -0.4 is 11.1 Å². The van der Waals surface area contributed by atoms with Crippen LogP contribution in [0.15, 0.2) is 18.2 Å². The molecule has 5 heteroatoms. The van der Waals surface area contributed by atoms with Crippen LogP contribution in [0.3, 0.4) is 0 Å². The second kappa shape index (κ2) is 6.45. The molecule has 1 saturated heterocycles. The Hall–Kier alpha value is -1.59. The molecule has 0 radical (unpaired) electrons. The summed E-state index contributed by atoms with van der Waals surface area (Å²) in [5.74, 6) is -0.00958. The second-order valence-electron chi connectivity index (χ2n) is 5.93. The van der Waals surface area contributed by atoms with Crippen LogP contribution in [0.1, 0.15) is 26.3 Å². The molecule has 3 unspecified atom stereocenters. The van der Waals surface area contributed by atoms with E-state index in [1.54, 1.807) is 6.07 Å². The summed E-state index contributed by atoms with van der Waals surface area (Å²) in [5, 5.41) is 2.98. The highest BCUT2D eigenvalue weighted by atomic mass is 16.5. The maximum atomic E-state index is 12.5. The van der Waals surface area contributed by atoms with Crippen molar-refractivity contribution in [3.63, 3.8) is 0 Å². The largest absolute Gasteiger partial charge is 0.399 e. The zero-order chi connectivity index (χ0) is 15.6. The van der Waals surface area contributed by atoms with Crippen LogP contribution in [0.5, 0.6) is 0 Å². The van der Waals surface area contributed by atoms with Gasteiger partial charge in [-0.05, 0) is 45.4 Å². The van der Waals surface area contributed by atoms with Crippen molar-refractivity contribution >= 4 is 17.3 Å². The molecule has 3 atom stereocenters. The van der Waals surface area contributed by atoms with Crippen LogP contribution in [0.25, 0.3) is 0 Å². The fourth-order valence-corrected chi connectivity index (χ4v) is 2.63. The highest BCUT2D eigenvalue weighted by Gasteiger charge is 2.31. The van der Waals surface area contributed by atoms with Gasteiger partial charge in [-0.25, -0.2) is 0 Å². The number of morpholine rings is 1. The minimum atomic E-state index is -0.202. The number of amides is 1. The molecule has 1 heterocycles. The minimum Gasteiger partial charge on any atom is -0.399 e. The lowest BCUT2D eigenvalue weighted by Gasteiger charge is -2.39. The van der Waals surface area contributed by atoms with Crippen LogP contribution in [-0.2, 0) is 9.53 Å².